The van der Waals surface area contributed by atoms with Gasteiger partial charge in [-0.1, -0.05) is 49.6 Å². The van der Waals surface area contributed by atoms with Crippen LogP contribution in [0.1, 0.15) is 44.6 Å². The zero-order valence-electron chi connectivity index (χ0n) is 12.2. The molecule has 0 N–H and O–H groups in total. The van der Waals surface area contributed by atoms with Crippen LogP contribution in [0.25, 0.3) is 0 Å². The van der Waals surface area contributed by atoms with Gasteiger partial charge in [0.1, 0.15) is 5.92 Å². The summed E-state index contributed by atoms with van der Waals surface area (Å²) in [6, 6.07) is 9.89. The van der Waals surface area contributed by atoms with E-state index in [0.717, 1.165) is 37.7 Å². The number of carbonyl (C=O) groups excluding carboxylic acids is 2. The Balaban J connectivity index is 2.37. The summed E-state index contributed by atoms with van der Waals surface area (Å²) < 4.78 is 4.75. The van der Waals surface area contributed by atoms with Crippen LogP contribution < -0.4 is 0 Å². The van der Waals surface area contributed by atoms with Crippen molar-refractivity contribution in [2.75, 3.05) is 7.11 Å². The van der Waals surface area contributed by atoms with Gasteiger partial charge in [-0.2, -0.15) is 0 Å². The molecule has 1 unspecified atom stereocenters. The summed E-state index contributed by atoms with van der Waals surface area (Å²) in [5, 5.41) is 0. The summed E-state index contributed by atoms with van der Waals surface area (Å²) in [6.45, 7) is 1.66. The summed E-state index contributed by atoms with van der Waals surface area (Å²) in [5.74, 6) is -1.12. The van der Waals surface area contributed by atoms with Crippen molar-refractivity contribution < 1.29 is 14.3 Å². The molecule has 1 aliphatic rings. The Morgan fingerprint density at radius 3 is 2.25 bits per heavy atom. The Bertz CT molecular complexity index is 472. The number of hydrogen-bond donors (Lipinski definition) is 0. The highest BCUT2D eigenvalue weighted by Gasteiger charge is 2.44. The molecule has 0 aromatic heterocycles. The maximum atomic E-state index is 12.9. The van der Waals surface area contributed by atoms with Crippen LogP contribution in [0.15, 0.2) is 30.3 Å². The van der Waals surface area contributed by atoms with Crippen molar-refractivity contribution in [2.24, 2.45) is 5.92 Å². The van der Waals surface area contributed by atoms with Crippen LogP contribution in [0.5, 0.6) is 0 Å². The van der Waals surface area contributed by atoms with E-state index in [1.807, 2.05) is 30.3 Å². The zero-order chi connectivity index (χ0) is 14.6. The number of methoxy groups -OCH3 is 1. The fourth-order valence-corrected chi connectivity index (χ4v) is 3.29. The molecule has 2 rings (SSSR count). The minimum atomic E-state index is -0.696. The molecule has 0 aliphatic heterocycles. The third kappa shape index (κ3) is 2.62. The molecule has 1 aromatic rings. The van der Waals surface area contributed by atoms with Gasteiger partial charge in [0.15, 0.2) is 5.78 Å². The first-order chi connectivity index (χ1) is 9.62. The van der Waals surface area contributed by atoms with E-state index >= 15 is 0 Å². The second-order valence-electron chi connectivity index (χ2n) is 5.62. The lowest BCUT2D eigenvalue weighted by Gasteiger charge is -2.37. The van der Waals surface area contributed by atoms with E-state index in [2.05, 4.69) is 0 Å². The van der Waals surface area contributed by atoms with E-state index in [4.69, 9.17) is 4.74 Å². The number of ketones is 1. The average Bonchev–Trinajstić information content (AvgIpc) is 2.54. The minimum absolute atomic E-state index is 0.00949. The quantitative estimate of drug-likeness (QED) is 0.625. The topological polar surface area (TPSA) is 43.4 Å². The normalized spacial score (nSPS) is 19.1. The molecule has 0 radical (unpaired) electrons. The van der Waals surface area contributed by atoms with Crippen LogP contribution in [0, 0.1) is 5.92 Å². The van der Waals surface area contributed by atoms with Crippen molar-refractivity contribution in [3.8, 4) is 0 Å². The molecular formula is C17H22O3. The van der Waals surface area contributed by atoms with E-state index in [0.29, 0.717) is 0 Å². The number of Topliss-reactive ketones (excluding diaryl/α,β-unsaturated/α-hetero) is 1. The zero-order valence-corrected chi connectivity index (χ0v) is 12.2. The van der Waals surface area contributed by atoms with E-state index in [-0.39, 0.29) is 5.78 Å². The lowest BCUT2D eigenvalue weighted by atomic mass is 9.64. The predicted octanol–water partition coefficient (Wildman–Crippen LogP) is 3.27. The highest BCUT2D eigenvalue weighted by atomic mass is 16.5. The Kier molecular flexibility index (Phi) is 4.58. The number of benzene rings is 1. The molecular weight excluding hydrogens is 252 g/mol. The molecule has 3 nitrogen and oxygen atoms in total. The fraction of sp³-hybridized carbons (Fsp3) is 0.529. The first kappa shape index (κ1) is 14.8. The molecule has 1 atom stereocenters. The monoisotopic (exact) mass is 274 g/mol. The molecule has 1 saturated carbocycles. The first-order valence-corrected chi connectivity index (χ1v) is 7.29. The number of hydrogen-bond acceptors (Lipinski definition) is 3. The van der Waals surface area contributed by atoms with Crippen molar-refractivity contribution in [1.82, 2.24) is 0 Å². The third-order valence-corrected chi connectivity index (χ3v) is 4.45. The number of ether oxygens (including phenoxy) is 1. The van der Waals surface area contributed by atoms with Gasteiger partial charge in [-0.05, 0) is 25.3 Å². The molecule has 0 heterocycles. The number of carbonyl (C=O) groups is 2. The summed E-state index contributed by atoms with van der Waals surface area (Å²) in [6.07, 6.45) is 4.89. The molecule has 0 amide bonds. The summed E-state index contributed by atoms with van der Waals surface area (Å²) in [5.41, 5.74) is 0.535. The largest absolute Gasteiger partial charge is 0.468 e. The van der Waals surface area contributed by atoms with Crippen LogP contribution in [-0.4, -0.2) is 18.9 Å². The van der Waals surface area contributed by atoms with Gasteiger partial charge in [0, 0.05) is 0 Å². The Morgan fingerprint density at radius 2 is 1.70 bits per heavy atom. The van der Waals surface area contributed by atoms with E-state index in [1.165, 1.54) is 7.11 Å². The van der Waals surface area contributed by atoms with E-state index in [1.54, 1.807) is 6.92 Å². The SMILES string of the molecule is COC(=O)C(C)C(=O)C1(c2ccccc2)CCCCC1. The average molecular weight is 274 g/mol. The number of rotatable bonds is 4. The summed E-state index contributed by atoms with van der Waals surface area (Å²) >= 11 is 0. The van der Waals surface area contributed by atoms with Gasteiger partial charge in [-0.3, -0.25) is 9.59 Å². The third-order valence-electron chi connectivity index (χ3n) is 4.45. The molecule has 3 heteroatoms. The van der Waals surface area contributed by atoms with Crippen LogP contribution in [-0.2, 0) is 19.7 Å². The van der Waals surface area contributed by atoms with Gasteiger partial charge in [-0.25, -0.2) is 0 Å². The number of esters is 1. The molecule has 20 heavy (non-hydrogen) atoms. The Hall–Kier alpha value is -1.64. The minimum Gasteiger partial charge on any atom is -0.468 e. The van der Waals surface area contributed by atoms with Crippen LogP contribution in [0.2, 0.25) is 0 Å². The smallest absolute Gasteiger partial charge is 0.315 e. The van der Waals surface area contributed by atoms with Crippen LogP contribution in [0.3, 0.4) is 0 Å². The van der Waals surface area contributed by atoms with Gasteiger partial charge in [0.2, 0.25) is 0 Å². The van der Waals surface area contributed by atoms with Gasteiger partial charge in [0.25, 0.3) is 0 Å². The standard InChI is InChI=1S/C17H22O3/c1-13(16(19)20-2)15(18)17(11-7-4-8-12-17)14-9-5-3-6-10-14/h3,5-6,9-10,13H,4,7-8,11-12H2,1-2H3. The van der Waals surface area contributed by atoms with Crippen molar-refractivity contribution in [3.63, 3.8) is 0 Å². The molecule has 1 fully saturated rings. The van der Waals surface area contributed by atoms with Crippen molar-refractivity contribution in [3.05, 3.63) is 35.9 Å². The molecule has 0 spiro atoms. The molecule has 0 bridgehead atoms. The summed E-state index contributed by atoms with van der Waals surface area (Å²) in [7, 11) is 1.34. The van der Waals surface area contributed by atoms with Gasteiger partial charge in [-0.15, -0.1) is 0 Å². The molecule has 108 valence electrons. The van der Waals surface area contributed by atoms with Crippen molar-refractivity contribution in [2.45, 2.75) is 44.4 Å². The van der Waals surface area contributed by atoms with E-state index in [9.17, 15) is 9.59 Å². The molecule has 1 aliphatic carbocycles. The maximum Gasteiger partial charge on any atom is 0.315 e. The Morgan fingerprint density at radius 1 is 1.10 bits per heavy atom. The van der Waals surface area contributed by atoms with Crippen LogP contribution >= 0.6 is 0 Å². The van der Waals surface area contributed by atoms with E-state index < -0.39 is 17.3 Å². The van der Waals surface area contributed by atoms with Crippen molar-refractivity contribution in [1.29, 1.82) is 0 Å². The highest BCUT2D eigenvalue weighted by Crippen LogP contribution is 2.42. The Labute approximate surface area is 120 Å². The fourth-order valence-electron chi connectivity index (χ4n) is 3.29. The predicted molar refractivity (Wildman–Crippen MR) is 77.4 cm³/mol. The molecule has 0 saturated heterocycles. The van der Waals surface area contributed by atoms with Gasteiger partial charge < -0.3 is 4.74 Å². The van der Waals surface area contributed by atoms with Crippen LogP contribution in [0.4, 0.5) is 0 Å². The lowest BCUT2D eigenvalue weighted by Crippen LogP contribution is -2.43. The van der Waals surface area contributed by atoms with Gasteiger partial charge in [0.05, 0.1) is 12.5 Å². The lowest BCUT2D eigenvalue weighted by molar-refractivity contribution is -0.150. The highest BCUT2D eigenvalue weighted by molar-refractivity contribution is 6.04. The van der Waals surface area contributed by atoms with Gasteiger partial charge >= 0.3 is 5.97 Å². The van der Waals surface area contributed by atoms with Crippen molar-refractivity contribution >= 4 is 11.8 Å². The maximum absolute atomic E-state index is 12.9. The molecule has 1 aromatic carbocycles. The second-order valence-corrected chi connectivity index (χ2v) is 5.62. The first-order valence-electron chi connectivity index (χ1n) is 7.29. The summed E-state index contributed by atoms with van der Waals surface area (Å²) in [4.78, 5) is 24.6. The second kappa shape index (κ2) is 6.21.